The van der Waals surface area contributed by atoms with Crippen molar-refractivity contribution >= 4 is 12.6 Å². The number of likely N-dealkylation sites (N-methyl/N-ethyl adjacent to an activating group) is 1. The van der Waals surface area contributed by atoms with Crippen LogP contribution < -0.4 is 0 Å². The van der Waals surface area contributed by atoms with Crippen molar-refractivity contribution in [3.8, 4) is 6.07 Å². The standard InChI is InChI=1S/C9H18N2OS/c1-9(7-10)8-11(2)3-4-12-5-6-13/h9,13H,3-6,8H2,1-2H3. The van der Waals surface area contributed by atoms with Gasteiger partial charge in [0.2, 0.25) is 0 Å². The fourth-order valence-corrected chi connectivity index (χ4v) is 1.12. The van der Waals surface area contributed by atoms with Gasteiger partial charge in [0, 0.05) is 18.8 Å². The summed E-state index contributed by atoms with van der Waals surface area (Å²) in [6.07, 6.45) is 0. The second-order valence-electron chi connectivity index (χ2n) is 3.13. The highest BCUT2D eigenvalue weighted by Gasteiger charge is 2.03. The summed E-state index contributed by atoms with van der Waals surface area (Å²) >= 11 is 4.03. The van der Waals surface area contributed by atoms with E-state index in [4.69, 9.17) is 10.00 Å². The average Bonchev–Trinajstić information content (AvgIpc) is 2.12. The van der Waals surface area contributed by atoms with E-state index in [1.165, 1.54) is 0 Å². The highest BCUT2D eigenvalue weighted by molar-refractivity contribution is 7.80. The van der Waals surface area contributed by atoms with E-state index in [0.717, 1.165) is 25.4 Å². The van der Waals surface area contributed by atoms with E-state index in [9.17, 15) is 0 Å². The normalized spacial score (nSPS) is 12.8. The van der Waals surface area contributed by atoms with Crippen molar-refractivity contribution in [2.24, 2.45) is 5.92 Å². The summed E-state index contributed by atoms with van der Waals surface area (Å²) in [6, 6.07) is 2.20. The summed E-state index contributed by atoms with van der Waals surface area (Å²) in [5.41, 5.74) is 0. The van der Waals surface area contributed by atoms with Crippen molar-refractivity contribution in [1.82, 2.24) is 4.90 Å². The fraction of sp³-hybridized carbons (Fsp3) is 0.889. The third-order valence-electron chi connectivity index (χ3n) is 1.66. The maximum atomic E-state index is 8.58. The molecule has 13 heavy (non-hydrogen) atoms. The third kappa shape index (κ3) is 8.10. The van der Waals surface area contributed by atoms with Crippen molar-refractivity contribution in [3.63, 3.8) is 0 Å². The van der Waals surface area contributed by atoms with E-state index >= 15 is 0 Å². The zero-order chi connectivity index (χ0) is 10.1. The number of nitriles is 1. The summed E-state index contributed by atoms with van der Waals surface area (Å²) in [5, 5.41) is 8.58. The average molecular weight is 202 g/mol. The van der Waals surface area contributed by atoms with Gasteiger partial charge in [0.25, 0.3) is 0 Å². The Hall–Kier alpha value is -0.240. The molecule has 0 bridgehead atoms. The van der Waals surface area contributed by atoms with Crippen LogP contribution in [0.1, 0.15) is 6.92 Å². The van der Waals surface area contributed by atoms with Gasteiger partial charge in [-0.25, -0.2) is 0 Å². The van der Waals surface area contributed by atoms with Crippen molar-refractivity contribution in [3.05, 3.63) is 0 Å². The van der Waals surface area contributed by atoms with Gasteiger partial charge in [-0.2, -0.15) is 17.9 Å². The molecule has 76 valence electrons. The Kier molecular flexibility index (Phi) is 8.21. The Morgan fingerprint density at radius 2 is 2.23 bits per heavy atom. The van der Waals surface area contributed by atoms with E-state index in [0.29, 0.717) is 6.61 Å². The van der Waals surface area contributed by atoms with E-state index in [1.54, 1.807) is 0 Å². The maximum absolute atomic E-state index is 8.58. The molecule has 0 spiro atoms. The largest absolute Gasteiger partial charge is 0.379 e. The molecule has 0 rings (SSSR count). The van der Waals surface area contributed by atoms with Crippen molar-refractivity contribution in [1.29, 1.82) is 5.26 Å². The van der Waals surface area contributed by atoms with Crippen molar-refractivity contribution < 1.29 is 4.74 Å². The third-order valence-corrected chi connectivity index (χ3v) is 1.84. The molecule has 0 aliphatic heterocycles. The Morgan fingerprint density at radius 3 is 2.77 bits per heavy atom. The van der Waals surface area contributed by atoms with Gasteiger partial charge in [0.15, 0.2) is 0 Å². The van der Waals surface area contributed by atoms with Gasteiger partial charge in [0.1, 0.15) is 0 Å². The molecule has 0 N–H and O–H groups in total. The second kappa shape index (κ2) is 8.36. The number of hydrogen-bond acceptors (Lipinski definition) is 4. The monoisotopic (exact) mass is 202 g/mol. The van der Waals surface area contributed by atoms with Gasteiger partial charge in [0.05, 0.1) is 25.2 Å². The maximum Gasteiger partial charge on any atom is 0.0666 e. The Bertz CT molecular complexity index is 158. The molecule has 1 atom stereocenters. The minimum atomic E-state index is 0.0925. The summed E-state index contributed by atoms with van der Waals surface area (Å²) in [4.78, 5) is 2.10. The van der Waals surface area contributed by atoms with E-state index < -0.39 is 0 Å². The Labute approximate surface area is 86.1 Å². The number of ether oxygens (including phenoxy) is 1. The van der Waals surface area contributed by atoms with Crippen LogP contribution in [0.4, 0.5) is 0 Å². The predicted molar refractivity (Wildman–Crippen MR) is 56.9 cm³/mol. The summed E-state index contributed by atoms with van der Waals surface area (Å²) in [6.45, 7) is 5.02. The molecule has 0 fully saturated rings. The lowest BCUT2D eigenvalue weighted by molar-refractivity contribution is 0.122. The lowest BCUT2D eigenvalue weighted by Gasteiger charge is -2.17. The molecule has 4 heteroatoms. The van der Waals surface area contributed by atoms with Crippen LogP contribution in [0.2, 0.25) is 0 Å². The van der Waals surface area contributed by atoms with Crippen molar-refractivity contribution in [2.45, 2.75) is 6.92 Å². The molecule has 0 aromatic rings. The van der Waals surface area contributed by atoms with Gasteiger partial charge in [-0.1, -0.05) is 0 Å². The Balaban J connectivity index is 3.30. The zero-order valence-electron chi connectivity index (χ0n) is 8.36. The molecular formula is C9H18N2OS. The lowest BCUT2D eigenvalue weighted by atomic mass is 10.2. The fourth-order valence-electron chi connectivity index (χ4n) is 0.987. The second-order valence-corrected chi connectivity index (χ2v) is 3.58. The summed E-state index contributed by atoms with van der Waals surface area (Å²) in [5.74, 6) is 0.855. The molecule has 0 amide bonds. The highest BCUT2D eigenvalue weighted by atomic mass is 32.1. The van der Waals surface area contributed by atoms with Crippen LogP contribution in [0, 0.1) is 17.2 Å². The number of hydrogen-bond donors (Lipinski definition) is 1. The first-order valence-electron chi connectivity index (χ1n) is 4.47. The molecule has 0 aromatic carbocycles. The molecule has 0 saturated carbocycles. The van der Waals surface area contributed by atoms with E-state index in [-0.39, 0.29) is 5.92 Å². The molecule has 0 radical (unpaired) electrons. The van der Waals surface area contributed by atoms with Gasteiger partial charge >= 0.3 is 0 Å². The first-order chi connectivity index (χ1) is 6.20. The number of thiol groups is 1. The molecule has 0 aromatic heterocycles. The van der Waals surface area contributed by atoms with Gasteiger partial charge < -0.3 is 9.64 Å². The van der Waals surface area contributed by atoms with Crippen LogP contribution in [0.25, 0.3) is 0 Å². The smallest absolute Gasteiger partial charge is 0.0666 e. The van der Waals surface area contributed by atoms with Gasteiger partial charge in [-0.05, 0) is 14.0 Å². The van der Waals surface area contributed by atoms with Crippen molar-refractivity contribution in [2.75, 3.05) is 39.1 Å². The van der Waals surface area contributed by atoms with Gasteiger partial charge in [-0.15, -0.1) is 0 Å². The van der Waals surface area contributed by atoms with E-state index in [2.05, 4.69) is 23.6 Å². The minimum Gasteiger partial charge on any atom is -0.379 e. The highest BCUT2D eigenvalue weighted by Crippen LogP contribution is 1.95. The topological polar surface area (TPSA) is 36.3 Å². The minimum absolute atomic E-state index is 0.0925. The molecular weight excluding hydrogens is 184 g/mol. The number of nitrogens with zero attached hydrogens (tertiary/aromatic N) is 2. The van der Waals surface area contributed by atoms with Gasteiger partial charge in [-0.3, -0.25) is 0 Å². The van der Waals surface area contributed by atoms with Crippen LogP contribution in [-0.4, -0.2) is 44.0 Å². The molecule has 3 nitrogen and oxygen atoms in total. The molecule has 0 aliphatic rings. The van der Waals surface area contributed by atoms with Crippen LogP contribution in [0.3, 0.4) is 0 Å². The molecule has 1 unspecified atom stereocenters. The Morgan fingerprint density at radius 1 is 1.54 bits per heavy atom. The molecule has 0 heterocycles. The number of rotatable bonds is 7. The van der Waals surface area contributed by atoms with Crippen LogP contribution in [0.15, 0.2) is 0 Å². The van der Waals surface area contributed by atoms with Crippen LogP contribution >= 0.6 is 12.6 Å². The predicted octanol–water partition coefficient (Wildman–Crippen LogP) is 1.02. The van der Waals surface area contributed by atoms with E-state index in [1.807, 2.05) is 14.0 Å². The zero-order valence-corrected chi connectivity index (χ0v) is 9.26. The molecule has 0 aliphatic carbocycles. The first kappa shape index (κ1) is 12.8. The summed E-state index contributed by atoms with van der Waals surface area (Å²) < 4.78 is 5.27. The first-order valence-corrected chi connectivity index (χ1v) is 5.10. The quantitative estimate of drug-likeness (QED) is 0.495. The SMILES string of the molecule is CC(C#N)CN(C)CCOCCS. The van der Waals surface area contributed by atoms with Crippen LogP contribution in [-0.2, 0) is 4.74 Å². The lowest BCUT2D eigenvalue weighted by Crippen LogP contribution is -2.27. The summed E-state index contributed by atoms with van der Waals surface area (Å²) in [7, 11) is 2.00. The molecule has 0 saturated heterocycles. The van der Waals surface area contributed by atoms with Crippen LogP contribution in [0.5, 0.6) is 0 Å².